The summed E-state index contributed by atoms with van der Waals surface area (Å²) in [5, 5.41) is 4.20. The zero-order chi connectivity index (χ0) is 17.2. The van der Waals surface area contributed by atoms with E-state index in [2.05, 4.69) is 20.0 Å². The van der Waals surface area contributed by atoms with E-state index in [-0.39, 0.29) is 5.56 Å². The Morgan fingerprint density at radius 3 is 3.08 bits per heavy atom. The Balaban J connectivity index is 1.48. The Labute approximate surface area is 145 Å². The summed E-state index contributed by atoms with van der Waals surface area (Å²) >= 11 is 0. The first-order chi connectivity index (χ1) is 12.2. The van der Waals surface area contributed by atoms with Gasteiger partial charge in [-0.1, -0.05) is 6.07 Å². The fraction of sp³-hybridized carbons (Fsp3) is 0.444. The molecule has 0 spiro atoms. The van der Waals surface area contributed by atoms with Crippen LogP contribution in [0.4, 0.5) is 0 Å². The lowest BCUT2D eigenvalue weighted by atomic mass is 9.98. The number of rotatable bonds is 4. The van der Waals surface area contributed by atoms with Crippen LogP contribution in [0.5, 0.6) is 0 Å². The zero-order valence-corrected chi connectivity index (χ0v) is 14.4. The highest BCUT2D eigenvalue weighted by molar-refractivity contribution is 5.39. The van der Waals surface area contributed by atoms with Crippen molar-refractivity contribution in [2.75, 3.05) is 13.1 Å². The molecular weight excluding hydrogens is 316 g/mol. The van der Waals surface area contributed by atoms with Gasteiger partial charge in [0, 0.05) is 31.9 Å². The van der Waals surface area contributed by atoms with E-state index in [1.807, 2.05) is 29.9 Å². The van der Waals surface area contributed by atoms with Crippen LogP contribution >= 0.6 is 0 Å². The molecule has 130 valence electrons. The Morgan fingerprint density at radius 1 is 1.32 bits per heavy atom. The molecule has 0 aliphatic carbocycles. The molecule has 0 bridgehead atoms. The number of likely N-dealkylation sites (tertiary alicyclic amines) is 1. The lowest BCUT2D eigenvalue weighted by Crippen LogP contribution is -2.37. The van der Waals surface area contributed by atoms with E-state index < -0.39 is 0 Å². The second-order valence-corrected chi connectivity index (χ2v) is 6.88. The van der Waals surface area contributed by atoms with Gasteiger partial charge in [-0.25, -0.2) is 9.97 Å². The second-order valence-electron chi connectivity index (χ2n) is 6.88. The number of hydrogen-bond donors (Lipinski definition) is 0. The minimum absolute atomic E-state index is 0.0140. The Hall–Kier alpha value is -2.54. The third-order valence-electron chi connectivity index (χ3n) is 4.76. The second kappa shape index (κ2) is 6.76. The van der Waals surface area contributed by atoms with E-state index in [4.69, 9.17) is 0 Å². The fourth-order valence-corrected chi connectivity index (χ4v) is 3.60. The van der Waals surface area contributed by atoms with Gasteiger partial charge in [0.2, 0.25) is 0 Å². The molecule has 4 heterocycles. The van der Waals surface area contributed by atoms with Crippen molar-refractivity contribution in [3.63, 3.8) is 0 Å². The Morgan fingerprint density at radius 2 is 2.24 bits per heavy atom. The number of hydrogen-bond acceptors (Lipinski definition) is 5. The van der Waals surface area contributed by atoms with Crippen LogP contribution in [0.15, 0.2) is 41.8 Å². The molecule has 25 heavy (non-hydrogen) atoms. The minimum atomic E-state index is -0.0140. The quantitative estimate of drug-likeness (QED) is 0.721. The summed E-state index contributed by atoms with van der Waals surface area (Å²) in [6, 6.07) is 5.55. The van der Waals surface area contributed by atoms with Crippen LogP contribution in [0.3, 0.4) is 0 Å². The summed E-state index contributed by atoms with van der Waals surface area (Å²) in [6.07, 6.45) is 7.54. The van der Waals surface area contributed by atoms with Crippen LogP contribution in [0.25, 0.3) is 5.65 Å². The molecule has 3 aromatic rings. The molecule has 0 amide bonds. The highest BCUT2D eigenvalue weighted by Gasteiger charge is 2.21. The third kappa shape index (κ3) is 3.61. The highest BCUT2D eigenvalue weighted by Crippen LogP contribution is 2.19. The van der Waals surface area contributed by atoms with E-state index in [1.165, 1.54) is 6.42 Å². The van der Waals surface area contributed by atoms with Crippen molar-refractivity contribution in [1.82, 2.24) is 29.0 Å². The van der Waals surface area contributed by atoms with Gasteiger partial charge in [0.25, 0.3) is 5.56 Å². The number of aromatic nitrogens is 5. The van der Waals surface area contributed by atoms with Gasteiger partial charge in [0.05, 0.1) is 5.69 Å². The lowest BCUT2D eigenvalue weighted by molar-refractivity contribution is 0.152. The van der Waals surface area contributed by atoms with Gasteiger partial charge in [-0.15, -0.1) is 0 Å². The van der Waals surface area contributed by atoms with Crippen LogP contribution in [-0.4, -0.2) is 42.1 Å². The first-order valence-corrected chi connectivity index (χ1v) is 8.71. The maximum absolute atomic E-state index is 12.4. The van der Waals surface area contributed by atoms with Crippen molar-refractivity contribution >= 4 is 5.65 Å². The average molecular weight is 338 g/mol. The van der Waals surface area contributed by atoms with Crippen molar-refractivity contribution in [3.05, 3.63) is 58.7 Å². The van der Waals surface area contributed by atoms with Crippen molar-refractivity contribution in [2.24, 2.45) is 5.92 Å². The van der Waals surface area contributed by atoms with Gasteiger partial charge in [-0.2, -0.15) is 5.10 Å². The lowest BCUT2D eigenvalue weighted by Gasteiger charge is -2.32. The van der Waals surface area contributed by atoms with Crippen LogP contribution in [0.2, 0.25) is 0 Å². The standard InChI is InChI=1S/C18H22N6O/c1-14-4-5-17-21-16(7-18(25)24(17)8-14)11-22-6-2-3-15(9-22)10-23-13-19-12-20-23/h4-5,7-8,12-13,15H,2-3,6,9-11H2,1H3/t15-/m0/s1. The average Bonchev–Trinajstić information content (AvgIpc) is 3.09. The van der Waals surface area contributed by atoms with Gasteiger partial charge >= 0.3 is 0 Å². The molecule has 7 heteroatoms. The molecule has 0 unspecified atom stereocenters. The number of nitrogens with zero attached hydrogens (tertiary/aromatic N) is 6. The first kappa shape index (κ1) is 16.0. The molecule has 1 aliphatic heterocycles. The van der Waals surface area contributed by atoms with E-state index in [0.29, 0.717) is 18.1 Å². The van der Waals surface area contributed by atoms with Crippen LogP contribution in [0.1, 0.15) is 24.1 Å². The monoisotopic (exact) mass is 338 g/mol. The molecule has 3 aromatic heterocycles. The zero-order valence-electron chi connectivity index (χ0n) is 14.4. The van der Waals surface area contributed by atoms with E-state index >= 15 is 0 Å². The summed E-state index contributed by atoms with van der Waals surface area (Å²) in [7, 11) is 0. The summed E-state index contributed by atoms with van der Waals surface area (Å²) in [5.74, 6) is 0.555. The highest BCUT2D eigenvalue weighted by atomic mass is 16.1. The van der Waals surface area contributed by atoms with E-state index in [0.717, 1.165) is 37.3 Å². The number of aryl methyl sites for hydroxylation is 1. The SMILES string of the molecule is Cc1ccc2nc(CN3CCC[C@H](Cn4cncn4)C3)cc(=O)n2c1. The smallest absolute Gasteiger partial charge is 0.258 e. The Bertz CT molecular complexity index is 917. The van der Waals surface area contributed by atoms with Gasteiger partial charge in [0.1, 0.15) is 18.3 Å². The number of fused-ring (bicyclic) bond motifs is 1. The Kier molecular flexibility index (Phi) is 4.31. The molecule has 0 radical (unpaired) electrons. The summed E-state index contributed by atoms with van der Waals surface area (Å²) < 4.78 is 3.51. The van der Waals surface area contributed by atoms with Crippen LogP contribution in [-0.2, 0) is 13.1 Å². The largest absolute Gasteiger partial charge is 0.297 e. The summed E-state index contributed by atoms with van der Waals surface area (Å²) in [6.45, 7) is 5.62. The molecule has 1 aliphatic rings. The molecule has 1 saturated heterocycles. The predicted octanol–water partition coefficient (Wildman–Crippen LogP) is 1.51. The minimum Gasteiger partial charge on any atom is -0.297 e. The van der Waals surface area contributed by atoms with Crippen LogP contribution in [0, 0.1) is 12.8 Å². The molecule has 0 aromatic carbocycles. The van der Waals surface area contributed by atoms with Crippen LogP contribution < -0.4 is 5.56 Å². The van der Waals surface area contributed by atoms with Gasteiger partial charge in [-0.3, -0.25) is 18.8 Å². The van der Waals surface area contributed by atoms with E-state index in [9.17, 15) is 4.79 Å². The first-order valence-electron chi connectivity index (χ1n) is 8.71. The van der Waals surface area contributed by atoms with Gasteiger partial charge in [0.15, 0.2) is 0 Å². The number of piperidine rings is 1. The summed E-state index contributed by atoms with van der Waals surface area (Å²) in [5.41, 5.74) is 2.59. The van der Waals surface area contributed by atoms with Gasteiger partial charge < -0.3 is 0 Å². The van der Waals surface area contributed by atoms with Crippen molar-refractivity contribution < 1.29 is 0 Å². The maximum atomic E-state index is 12.4. The van der Waals surface area contributed by atoms with Gasteiger partial charge in [-0.05, 0) is 43.9 Å². The molecule has 1 atom stereocenters. The molecule has 0 saturated carbocycles. The molecular formula is C18H22N6O. The predicted molar refractivity (Wildman–Crippen MR) is 94.2 cm³/mol. The maximum Gasteiger partial charge on any atom is 0.258 e. The number of pyridine rings is 1. The summed E-state index contributed by atoms with van der Waals surface area (Å²) in [4.78, 5) is 23.4. The molecule has 4 rings (SSSR count). The topological polar surface area (TPSA) is 68.3 Å². The molecule has 1 fully saturated rings. The van der Waals surface area contributed by atoms with Crippen molar-refractivity contribution in [2.45, 2.75) is 32.9 Å². The van der Waals surface area contributed by atoms with Crippen molar-refractivity contribution in [3.8, 4) is 0 Å². The normalized spacial score (nSPS) is 18.7. The van der Waals surface area contributed by atoms with E-state index in [1.54, 1.807) is 23.1 Å². The van der Waals surface area contributed by atoms with Crippen molar-refractivity contribution in [1.29, 1.82) is 0 Å². The molecule has 7 nitrogen and oxygen atoms in total. The molecule has 0 N–H and O–H groups in total. The fourth-order valence-electron chi connectivity index (χ4n) is 3.60. The third-order valence-corrected chi connectivity index (χ3v) is 4.76.